The fraction of sp³-hybridized carbons (Fsp3) is 0.400. The van der Waals surface area contributed by atoms with Crippen LogP contribution in [-0.2, 0) is 19.3 Å². The molecule has 7 aromatic carbocycles. The van der Waals surface area contributed by atoms with Crippen molar-refractivity contribution in [2.75, 3.05) is 89.4 Å². The Bertz CT molecular complexity index is 4600. The molecule has 6 N–H and O–H groups in total. The zero-order valence-electron chi connectivity index (χ0n) is 67.1. The zero-order chi connectivity index (χ0) is 84.9. The fourth-order valence-electron chi connectivity index (χ4n) is 14.1. The summed E-state index contributed by atoms with van der Waals surface area (Å²) in [5, 5.41) is 73.4. The first-order chi connectivity index (χ1) is 56.4. The first-order valence-corrected chi connectivity index (χ1v) is 42.9. The number of likely N-dealkylation sites (tertiary alicyclic amines) is 2. The predicted octanol–water partition coefficient (Wildman–Crippen LogP) is 21.0. The van der Waals surface area contributed by atoms with Crippen LogP contribution in [0.25, 0.3) is 45.3 Å². The first-order valence-electron chi connectivity index (χ1n) is 39.1. The molecule has 3 saturated heterocycles. The molecule has 634 valence electrons. The summed E-state index contributed by atoms with van der Waals surface area (Å²) in [7, 11) is 0. The van der Waals surface area contributed by atoms with Crippen LogP contribution in [0.15, 0.2) is 213 Å². The quantitative estimate of drug-likeness (QED) is 0.0218. The molecule has 7 heterocycles. The van der Waals surface area contributed by atoms with Crippen molar-refractivity contribution in [3.63, 3.8) is 0 Å². The third-order valence-electron chi connectivity index (χ3n) is 21.4. The zero-order valence-corrected chi connectivity index (χ0v) is 73.3. The highest BCUT2D eigenvalue weighted by Gasteiger charge is 2.49. The number of aromatic nitrogens is 4. The molecule has 0 saturated carbocycles. The maximum atomic E-state index is 13.2. The lowest BCUT2D eigenvalue weighted by Crippen LogP contribution is -2.58. The van der Waals surface area contributed by atoms with Crippen LogP contribution in [0.5, 0.6) is 23.0 Å². The number of hydrogen-bond acceptors (Lipinski definition) is 19. The SMILES string of the molecule is CC1(C)CN(CCCOc2ccc(Cl)cc2-c2ccno2)CCC1(O)Cc1ccc(F)cc1.CC1(C)CN(CCCOc2ccc(Cl)cc2-c2ccno2)CCC1(O)Cc1ccc(F)cc1.CC1(C)CNCCC1(O)Cc1ccc(F)cc1.Clc1ccc(OCCCBr)c(-c2ccno2)c1.OCCCBr.Oc1ccc(Cl)cc1-c1ccno1. The van der Waals surface area contributed by atoms with E-state index in [1.807, 2.05) is 36.4 Å². The van der Waals surface area contributed by atoms with E-state index in [2.05, 4.69) is 109 Å². The summed E-state index contributed by atoms with van der Waals surface area (Å²) in [5.74, 6) is 3.95. The molecule has 0 bridgehead atoms. The van der Waals surface area contributed by atoms with E-state index in [4.69, 9.17) is 83.8 Å². The van der Waals surface area contributed by atoms with E-state index >= 15 is 0 Å². The van der Waals surface area contributed by atoms with Gasteiger partial charge >= 0.3 is 0 Å². The second-order valence-corrected chi connectivity index (χ2v) is 34.6. The van der Waals surface area contributed by atoms with E-state index in [1.54, 1.807) is 110 Å². The lowest BCUT2D eigenvalue weighted by molar-refractivity contribution is -0.118. The van der Waals surface area contributed by atoms with Gasteiger partial charge in [0.1, 0.15) is 40.4 Å². The van der Waals surface area contributed by atoms with E-state index in [0.29, 0.717) is 119 Å². The van der Waals surface area contributed by atoms with Crippen LogP contribution in [0.4, 0.5) is 13.2 Å². The van der Waals surface area contributed by atoms with Crippen LogP contribution in [0.3, 0.4) is 0 Å². The lowest BCUT2D eigenvalue weighted by Gasteiger charge is -2.50. The summed E-state index contributed by atoms with van der Waals surface area (Å²) >= 11 is 30.5. The average molecular weight is 1830 g/mol. The molecule has 4 aromatic heterocycles. The van der Waals surface area contributed by atoms with E-state index in [-0.39, 0.29) is 39.4 Å². The van der Waals surface area contributed by atoms with Crippen LogP contribution >= 0.6 is 78.3 Å². The van der Waals surface area contributed by atoms with Crippen LogP contribution < -0.4 is 19.5 Å². The number of phenols is 1. The number of halogens is 9. The standard InChI is InChI=1S/2C26H30ClFN2O3.C14H20FNO.C12H11BrClNO2.C9H6ClNO2.C3H7BrO/c2*1-25(2)18-30(14-11-26(25,31)17-19-4-7-21(28)8-5-19)13-3-15-32-23-9-6-20(27)16-22(23)24-10-12-29-33-24;1-13(2)10-16-8-7-14(13,17)9-11-3-5-12(15)6-4-11;13-5-1-7-16-11-3-2-9(14)8-10(11)12-4-6-15-17-12;10-6-1-2-8(12)7(5-6)9-3-4-11-13-9;4-2-1-3-5/h2*4-10,12,16,31H,3,11,13-15,17-18H2,1-2H3;3-6,16-17H,7-10H2,1-2H3;2-4,6,8H,1,5,7H2;1-5,12H;5H,1-3H2. The van der Waals surface area contributed by atoms with Gasteiger partial charge in [-0.25, -0.2) is 13.2 Å². The molecule has 3 aliphatic rings. The van der Waals surface area contributed by atoms with Crippen LogP contribution in [0.1, 0.15) is 103 Å². The smallest absolute Gasteiger partial charge is 0.170 e. The van der Waals surface area contributed by atoms with Gasteiger partial charge in [0.05, 0.1) is 83.7 Å². The molecular formula is C90H104Br2Cl4F3N7O12. The topological polar surface area (TPSA) is 251 Å². The second-order valence-electron chi connectivity index (χ2n) is 31.3. The molecule has 0 spiro atoms. The first kappa shape index (κ1) is 94.1. The monoisotopic (exact) mass is 1830 g/mol. The van der Waals surface area contributed by atoms with Crippen molar-refractivity contribution < 1.29 is 71.0 Å². The highest BCUT2D eigenvalue weighted by Crippen LogP contribution is 2.45. The molecule has 11 aromatic rings. The fourth-order valence-corrected chi connectivity index (χ4v) is 15.3. The maximum absolute atomic E-state index is 13.2. The lowest BCUT2D eigenvalue weighted by atomic mass is 9.67. The number of nitrogens with zero attached hydrogens (tertiary/aromatic N) is 6. The molecular weight excluding hydrogens is 1730 g/mol. The molecule has 0 amide bonds. The Morgan fingerprint density at radius 1 is 0.424 bits per heavy atom. The predicted molar refractivity (Wildman–Crippen MR) is 465 cm³/mol. The van der Waals surface area contributed by atoms with E-state index in [1.165, 1.54) is 48.7 Å². The Hall–Kier alpha value is -7.79. The molecule has 3 aliphatic heterocycles. The Labute approximate surface area is 725 Å². The molecule has 0 radical (unpaired) electrons. The van der Waals surface area contributed by atoms with Crippen LogP contribution in [0.2, 0.25) is 20.1 Å². The summed E-state index contributed by atoms with van der Waals surface area (Å²) < 4.78 is 77.6. The van der Waals surface area contributed by atoms with Gasteiger partial charge in [0, 0.05) is 143 Å². The van der Waals surface area contributed by atoms with Crippen molar-refractivity contribution in [2.45, 2.75) is 123 Å². The van der Waals surface area contributed by atoms with Crippen molar-refractivity contribution in [2.24, 2.45) is 16.2 Å². The summed E-state index contributed by atoms with van der Waals surface area (Å²) in [6.45, 7) is 21.2. The number of aliphatic hydroxyl groups excluding tert-OH is 1. The van der Waals surface area contributed by atoms with Crippen molar-refractivity contribution >= 4 is 78.3 Å². The maximum Gasteiger partial charge on any atom is 0.170 e. The number of piperidine rings is 3. The van der Waals surface area contributed by atoms with Crippen LogP contribution in [0, 0.1) is 33.7 Å². The number of alkyl halides is 2. The van der Waals surface area contributed by atoms with Crippen molar-refractivity contribution in [3.8, 4) is 68.3 Å². The summed E-state index contributed by atoms with van der Waals surface area (Å²) in [6, 6.07) is 47.4. The Morgan fingerprint density at radius 2 is 0.746 bits per heavy atom. The van der Waals surface area contributed by atoms with Crippen molar-refractivity contribution in [1.82, 2.24) is 35.7 Å². The minimum atomic E-state index is -0.826. The van der Waals surface area contributed by atoms with Gasteiger partial charge in [-0.05, 0) is 177 Å². The normalized spacial score (nSPS) is 18.6. The Balaban J connectivity index is 0.000000173. The number of benzene rings is 7. The van der Waals surface area contributed by atoms with Crippen LogP contribution in [-0.4, -0.2) is 162 Å². The summed E-state index contributed by atoms with van der Waals surface area (Å²) in [4.78, 5) is 4.75. The van der Waals surface area contributed by atoms with E-state index < -0.39 is 16.8 Å². The number of nitrogens with one attached hydrogen (secondary N) is 1. The Kier molecular flexibility index (Phi) is 36.0. The van der Waals surface area contributed by atoms with Gasteiger partial charge in [0.25, 0.3) is 0 Å². The molecule has 19 nitrogen and oxygen atoms in total. The van der Waals surface area contributed by atoms with Gasteiger partial charge in [-0.15, -0.1) is 0 Å². The second kappa shape index (κ2) is 45.2. The molecule has 28 heteroatoms. The number of phenolic OH excluding ortho intramolecular Hbond substituents is 1. The highest BCUT2D eigenvalue weighted by molar-refractivity contribution is 9.09. The molecule has 3 fully saturated rings. The van der Waals surface area contributed by atoms with E-state index in [0.717, 1.165) is 134 Å². The molecule has 0 aliphatic carbocycles. The van der Waals surface area contributed by atoms with Crippen molar-refractivity contribution in [3.05, 3.63) is 249 Å². The molecule has 14 rings (SSSR count). The van der Waals surface area contributed by atoms with Gasteiger partial charge in [0.2, 0.25) is 0 Å². The summed E-state index contributed by atoms with van der Waals surface area (Å²) in [5.41, 5.74) is 2.72. The van der Waals surface area contributed by atoms with E-state index in [9.17, 15) is 33.6 Å². The number of ether oxygens (including phenoxy) is 3. The van der Waals surface area contributed by atoms with Gasteiger partial charge in [-0.3, -0.25) is 0 Å². The third kappa shape index (κ3) is 27.6. The number of aromatic hydroxyl groups is 1. The summed E-state index contributed by atoms with van der Waals surface area (Å²) in [6.07, 6.45) is 13.5. The van der Waals surface area contributed by atoms with Gasteiger partial charge < -0.3 is 73.0 Å². The third-order valence-corrected chi connectivity index (χ3v) is 23.5. The number of rotatable bonds is 26. The minimum Gasteiger partial charge on any atom is -0.507 e. The Morgan fingerprint density at radius 3 is 1.05 bits per heavy atom. The minimum absolute atomic E-state index is 0.126. The van der Waals surface area contributed by atoms with Gasteiger partial charge in [-0.1, -0.05) is 177 Å². The van der Waals surface area contributed by atoms with Gasteiger partial charge in [0.15, 0.2) is 23.0 Å². The van der Waals surface area contributed by atoms with Crippen molar-refractivity contribution in [1.29, 1.82) is 0 Å². The molecule has 3 unspecified atom stereocenters. The molecule has 118 heavy (non-hydrogen) atoms. The highest BCUT2D eigenvalue weighted by atomic mass is 79.9. The molecule has 3 atom stereocenters. The number of hydrogen-bond donors (Lipinski definition) is 6. The largest absolute Gasteiger partial charge is 0.507 e. The van der Waals surface area contributed by atoms with Gasteiger partial charge in [-0.2, -0.15) is 0 Å². The number of aliphatic hydroxyl groups is 4. The average Bonchev–Trinajstić information content (AvgIpc) is 1.11.